The van der Waals surface area contributed by atoms with Gasteiger partial charge in [0.1, 0.15) is 5.75 Å². The van der Waals surface area contributed by atoms with Crippen molar-refractivity contribution in [2.45, 2.75) is 25.8 Å². The highest BCUT2D eigenvalue weighted by Gasteiger charge is 2.23. The number of benzene rings is 3. The molecule has 1 saturated carbocycles. The van der Waals surface area contributed by atoms with E-state index in [1.165, 1.54) is 0 Å². The Morgan fingerprint density at radius 1 is 1.07 bits per heavy atom. The SMILES string of the molecule is Cc1ccc(NC(=O)c2cc3ccccc3cc2OCC(=O)NC2CC2)cc1Cl. The molecule has 5 nitrogen and oxygen atoms in total. The van der Waals surface area contributed by atoms with E-state index in [9.17, 15) is 9.59 Å². The number of amides is 2. The number of aryl methyl sites for hydroxylation is 1. The molecule has 2 N–H and O–H groups in total. The highest BCUT2D eigenvalue weighted by molar-refractivity contribution is 6.31. The predicted molar refractivity (Wildman–Crippen MR) is 115 cm³/mol. The van der Waals surface area contributed by atoms with Gasteiger partial charge in [-0.25, -0.2) is 0 Å². The summed E-state index contributed by atoms with van der Waals surface area (Å²) >= 11 is 6.16. The number of nitrogens with one attached hydrogen (secondary N) is 2. The zero-order valence-electron chi connectivity index (χ0n) is 16.0. The summed E-state index contributed by atoms with van der Waals surface area (Å²) in [6, 6.07) is 16.9. The van der Waals surface area contributed by atoms with Gasteiger partial charge in [-0.2, -0.15) is 0 Å². The number of anilines is 1. The summed E-state index contributed by atoms with van der Waals surface area (Å²) in [6.07, 6.45) is 2.02. The Balaban J connectivity index is 1.60. The maximum absolute atomic E-state index is 13.0. The van der Waals surface area contributed by atoms with Gasteiger partial charge in [-0.15, -0.1) is 0 Å². The fourth-order valence-corrected chi connectivity index (χ4v) is 3.21. The number of carbonyl (C=O) groups excluding carboxylic acids is 2. The van der Waals surface area contributed by atoms with Crippen LogP contribution in [0.4, 0.5) is 5.69 Å². The molecule has 3 aromatic rings. The minimum absolute atomic E-state index is 0.133. The molecule has 6 heteroatoms. The molecule has 0 bridgehead atoms. The van der Waals surface area contributed by atoms with Crippen molar-refractivity contribution < 1.29 is 14.3 Å². The molecular formula is C23H21ClN2O3. The molecule has 4 rings (SSSR count). The van der Waals surface area contributed by atoms with Crippen LogP contribution in [0.2, 0.25) is 5.02 Å². The van der Waals surface area contributed by atoms with Gasteiger partial charge in [0, 0.05) is 16.8 Å². The van der Waals surface area contributed by atoms with E-state index in [4.69, 9.17) is 16.3 Å². The second-order valence-corrected chi connectivity index (χ2v) is 7.65. The monoisotopic (exact) mass is 408 g/mol. The van der Waals surface area contributed by atoms with Gasteiger partial charge in [0.15, 0.2) is 6.61 Å². The van der Waals surface area contributed by atoms with E-state index in [2.05, 4.69) is 10.6 Å². The van der Waals surface area contributed by atoms with Gasteiger partial charge < -0.3 is 15.4 Å². The maximum atomic E-state index is 13.0. The van der Waals surface area contributed by atoms with E-state index >= 15 is 0 Å². The number of rotatable bonds is 6. The van der Waals surface area contributed by atoms with Crippen LogP contribution in [0.15, 0.2) is 54.6 Å². The Morgan fingerprint density at radius 3 is 2.48 bits per heavy atom. The van der Waals surface area contributed by atoms with Crippen molar-refractivity contribution in [1.82, 2.24) is 5.32 Å². The molecule has 1 aliphatic carbocycles. The van der Waals surface area contributed by atoms with Crippen LogP contribution in [-0.2, 0) is 4.79 Å². The lowest BCUT2D eigenvalue weighted by atomic mass is 10.0. The van der Waals surface area contributed by atoms with Crippen LogP contribution in [-0.4, -0.2) is 24.5 Å². The molecule has 0 spiro atoms. The number of hydrogen-bond donors (Lipinski definition) is 2. The number of halogens is 1. The van der Waals surface area contributed by atoms with E-state index in [1.807, 2.05) is 37.3 Å². The molecule has 1 fully saturated rings. The Kier molecular flexibility index (Phi) is 5.41. The molecule has 0 heterocycles. The second-order valence-electron chi connectivity index (χ2n) is 7.24. The predicted octanol–water partition coefficient (Wildman–Crippen LogP) is 4.71. The topological polar surface area (TPSA) is 67.4 Å². The molecule has 29 heavy (non-hydrogen) atoms. The van der Waals surface area contributed by atoms with Gasteiger partial charge in [-0.05, 0) is 60.4 Å². The standard InChI is InChI=1S/C23H21ClN2O3/c1-14-6-7-18(12-20(14)24)26-23(28)19-10-15-4-2-3-5-16(15)11-21(19)29-13-22(27)25-17-8-9-17/h2-7,10-12,17H,8-9,13H2,1H3,(H,25,27)(H,26,28). The van der Waals surface area contributed by atoms with Gasteiger partial charge >= 0.3 is 0 Å². The molecule has 3 aromatic carbocycles. The Bertz CT molecular complexity index is 1090. The van der Waals surface area contributed by atoms with E-state index in [1.54, 1.807) is 24.3 Å². The lowest BCUT2D eigenvalue weighted by Gasteiger charge is -2.14. The number of fused-ring (bicyclic) bond motifs is 1. The van der Waals surface area contributed by atoms with E-state index in [0.717, 1.165) is 29.2 Å². The first-order chi connectivity index (χ1) is 14.0. The molecule has 0 atom stereocenters. The molecule has 0 unspecified atom stereocenters. The first-order valence-electron chi connectivity index (χ1n) is 9.52. The van der Waals surface area contributed by atoms with E-state index in [0.29, 0.717) is 22.0 Å². The molecular weight excluding hydrogens is 388 g/mol. The highest BCUT2D eigenvalue weighted by Crippen LogP contribution is 2.28. The third-order valence-corrected chi connectivity index (χ3v) is 5.23. The van der Waals surface area contributed by atoms with Gasteiger partial charge in [0.25, 0.3) is 11.8 Å². The van der Waals surface area contributed by atoms with Crippen LogP contribution in [0.3, 0.4) is 0 Å². The van der Waals surface area contributed by atoms with Crippen LogP contribution in [0.25, 0.3) is 10.8 Å². The second kappa shape index (κ2) is 8.13. The van der Waals surface area contributed by atoms with Crippen molar-refractivity contribution in [3.8, 4) is 5.75 Å². The summed E-state index contributed by atoms with van der Waals surface area (Å²) in [5.41, 5.74) is 1.89. The molecule has 0 aliphatic heterocycles. The van der Waals surface area contributed by atoms with Crippen LogP contribution in [0.1, 0.15) is 28.8 Å². The number of carbonyl (C=O) groups is 2. The fraction of sp³-hybridized carbons (Fsp3) is 0.217. The zero-order valence-corrected chi connectivity index (χ0v) is 16.8. The van der Waals surface area contributed by atoms with Crippen molar-refractivity contribution in [2.24, 2.45) is 0 Å². The molecule has 0 saturated heterocycles. The summed E-state index contributed by atoms with van der Waals surface area (Å²) < 4.78 is 5.74. The number of ether oxygens (including phenoxy) is 1. The van der Waals surface area contributed by atoms with E-state index in [-0.39, 0.29) is 24.5 Å². The Hall–Kier alpha value is -3.05. The summed E-state index contributed by atoms with van der Waals surface area (Å²) in [7, 11) is 0. The average Bonchev–Trinajstić information content (AvgIpc) is 3.52. The van der Waals surface area contributed by atoms with Crippen molar-refractivity contribution in [1.29, 1.82) is 0 Å². The first kappa shape index (κ1) is 19.3. The van der Waals surface area contributed by atoms with Gasteiger partial charge in [0.05, 0.1) is 5.56 Å². The van der Waals surface area contributed by atoms with Crippen molar-refractivity contribution in [2.75, 3.05) is 11.9 Å². The average molecular weight is 409 g/mol. The molecule has 0 aromatic heterocycles. The highest BCUT2D eigenvalue weighted by atomic mass is 35.5. The van der Waals surface area contributed by atoms with Crippen LogP contribution in [0, 0.1) is 6.92 Å². The summed E-state index contributed by atoms with van der Waals surface area (Å²) in [4.78, 5) is 25.0. The van der Waals surface area contributed by atoms with Crippen molar-refractivity contribution >= 4 is 39.9 Å². The van der Waals surface area contributed by atoms with Crippen LogP contribution < -0.4 is 15.4 Å². The lowest BCUT2D eigenvalue weighted by molar-refractivity contribution is -0.123. The van der Waals surface area contributed by atoms with Gasteiger partial charge in [-0.3, -0.25) is 9.59 Å². The maximum Gasteiger partial charge on any atom is 0.259 e. The normalized spacial score (nSPS) is 13.2. The minimum atomic E-state index is -0.326. The Morgan fingerprint density at radius 2 is 1.79 bits per heavy atom. The Labute approximate surface area is 174 Å². The van der Waals surface area contributed by atoms with Crippen LogP contribution >= 0.6 is 11.6 Å². The van der Waals surface area contributed by atoms with Gasteiger partial charge in [-0.1, -0.05) is 41.9 Å². The third-order valence-electron chi connectivity index (χ3n) is 4.82. The quantitative estimate of drug-likeness (QED) is 0.620. The lowest BCUT2D eigenvalue weighted by Crippen LogP contribution is -2.30. The van der Waals surface area contributed by atoms with Gasteiger partial charge in [0.2, 0.25) is 0 Å². The summed E-state index contributed by atoms with van der Waals surface area (Å²) in [5.74, 6) is -0.143. The number of hydrogen-bond acceptors (Lipinski definition) is 3. The fourth-order valence-electron chi connectivity index (χ4n) is 3.03. The third kappa shape index (κ3) is 4.69. The minimum Gasteiger partial charge on any atom is -0.483 e. The largest absolute Gasteiger partial charge is 0.483 e. The summed E-state index contributed by atoms with van der Waals surface area (Å²) in [5, 5.41) is 8.16. The molecule has 1 aliphatic rings. The smallest absolute Gasteiger partial charge is 0.259 e. The summed E-state index contributed by atoms with van der Waals surface area (Å²) in [6.45, 7) is 1.77. The van der Waals surface area contributed by atoms with Crippen molar-refractivity contribution in [3.05, 3.63) is 70.7 Å². The molecule has 2 amide bonds. The molecule has 148 valence electrons. The van der Waals surface area contributed by atoms with Crippen molar-refractivity contribution in [3.63, 3.8) is 0 Å². The molecule has 0 radical (unpaired) electrons. The first-order valence-corrected chi connectivity index (χ1v) is 9.90. The zero-order chi connectivity index (χ0) is 20.4. The van der Waals surface area contributed by atoms with Crippen LogP contribution in [0.5, 0.6) is 5.75 Å². The van der Waals surface area contributed by atoms with E-state index < -0.39 is 0 Å².